The summed E-state index contributed by atoms with van der Waals surface area (Å²) in [5.74, 6) is 0.573. The maximum Gasteiger partial charge on any atom is 0.225 e. The summed E-state index contributed by atoms with van der Waals surface area (Å²) in [6, 6.07) is 7.47. The van der Waals surface area contributed by atoms with Crippen molar-refractivity contribution in [2.24, 2.45) is 10.3 Å². The Morgan fingerprint density at radius 2 is 1.62 bits per heavy atom. The maximum atomic E-state index is 5.62. The van der Waals surface area contributed by atoms with Gasteiger partial charge in [0.15, 0.2) is 5.82 Å². The summed E-state index contributed by atoms with van der Waals surface area (Å²) in [7, 11) is 0. The van der Waals surface area contributed by atoms with Gasteiger partial charge >= 0.3 is 0 Å². The minimum atomic E-state index is 0.0868. The van der Waals surface area contributed by atoms with E-state index in [0.717, 1.165) is 31.5 Å². The first-order chi connectivity index (χ1) is 10.2. The van der Waals surface area contributed by atoms with E-state index < -0.39 is 0 Å². The van der Waals surface area contributed by atoms with Crippen molar-refractivity contribution in [2.75, 3.05) is 24.6 Å². The van der Waals surface area contributed by atoms with Crippen molar-refractivity contribution in [3.05, 3.63) is 24.3 Å². The topological polar surface area (TPSA) is 119 Å². The lowest BCUT2D eigenvalue weighted by Gasteiger charge is -2.08. The summed E-state index contributed by atoms with van der Waals surface area (Å²) >= 11 is 0. The highest BCUT2D eigenvalue weighted by Gasteiger charge is 2.11. The second-order valence-electron chi connectivity index (χ2n) is 4.74. The number of rotatable bonds is 3. The molecule has 8 nitrogen and oxygen atoms in total. The minimum absolute atomic E-state index is 0.0868. The van der Waals surface area contributed by atoms with E-state index in [0.29, 0.717) is 11.5 Å². The number of nitrogens with two attached hydrogens (primary N) is 2. The molecule has 1 aliphatic heterocycles. The fraction of sp³-hybridized carbons (Fsp3) is 0.308. The zero-order valence-electron chi connectivity index (χ0n) is 11.5. The normalized spacial score (nSPS) is 15.0. The number of hydrogen-bond donors (Lipinski definition) is 2. The molecule has 3 rings (SSSR count). The van der Waals surface area contributed by atoms with Gasteiger partial charge in [-0.1, -0.05) is 17.4 Å². The average molecular weight is 284 g/mol. The first-order valence-corrected chi connectivity index (χ1v) is 6.75. The van der Waals surface area contributed by atoms with Crippen molar-refractivity contribution in [1.82, 2.24) is 20.0 Å². The van der Waals surface area contributed by atoms with Gasteiger partial charge in [0.25, 0.3) is 0 Å². The third kappa shape index (κ3) is 3.04. The van der Waals surface area contributed by atoms with Crippen molar-refractivity contribution in [3.8, 4) is 11.4 Å². The molecule has 108 valence electrons. The monoisotopic (exact) mass is 284 g/mol. The van der Waals surface area contributed by atoms with Gasteiger partial charge in [0.2, 0.25) is 11.9 Å². The molecule has 2 aromatic rings. The lowest BCUT2D eigenvalue weighted by atomic mass is 10.2. The van der Waals surface area contributed by atoms with Crippen molar-refractivity contribution in [2.45, 2.75) is 12.8 Å². The molecule has 0 aliphatic carbocycles. The van der Waals surface area contributed by atoms with Crippen LogP contribution in [0, 0.1) is 0 Å². The molecular formula is C13H16N8. The summed E-state index contributed by atoms with van der Waals surface area (Å²) in [6.45, 7) is 1.88. The molecule has 1 aliphatic rings. The fourth-order valence-corrected chi connectivity index (χ4v) is 2.18. The van der Waals surface area contributed by atoms with Crippen LogP contribution in [0.2, 0.25) is 0 Å². The second-order valence-corrected chi connectivity index (χ2v) is 4.74. The molecule has 8 heteroatoms. The predicted molar refractivity (Wildman–Crippen MR) is 79.4 cm³/mol. The molecule has 2 heterocycles. The molecule has 0 saturated carbocycles. The van der Waals surface area contributed by atoms with Gasteiger partial charge in [0.1, 0.15) is 0 Å². The van der Waals surface area contributed by atoms with Gasteiger partial charge in [-0.05, 0) is 25.0 Å². The zero-order chi connectivity index (χ0) is 14.7. The first kappa shape index (κ1) is 13.2. The highest BCUT2D eigenvalue weighted by atomic mass is 15.5. The Morgan fingerprint density at radius 3 is 2.33 bits per heavy atom. The number of anilines is 2. The van der Waals surface area contributed by atoms with Gasteiger partial charge < -0.3 is 11.5 Å². The largest absolute Gasteiger partial charge is 0.368 e. The van der Waals surface area contributed by atoms with Crippen LogP contribution in [0.3, 0.4) is 0 Å². The Bertz CT molecular complexity index is 643. The van der Waals surface area contributed by atoms with Crippen molar-refractivity contribution in [1.29, 1.82) is 0 Å². The number of nitrogens with zero attached hydrogens (tertiary/aromatic N) is 6. The van der Waals surface area contributed by atoms with Crippen LogP contribution >= 0.6 is 0 Å². The van der Waals surface area contributed by atoms with E-state index in [1.54, 1.807) is 0 Å². The van der Waals surface area contributed by atoms with Crippen LogP contribution in [0.4, 0.5) is 17.6 Å². The van der Waals surface area contributed by atoms with Crippen molar-refractivity contribution >= 4 is 17.6 Å². The van der Waals surface area contributed by atoms with Crippen molar-refractivity contribution in [3.63, 3.8) is 0 Å². The number of aromatic nitrogens is 3. The van der Waals surface area contributed by atoms with E-state index >= 15 is 0 Å². The van der Waals surface area contributed by atoms with E-state index in [9.17, 15) is 0 Å². The van der Waals surface area contributed by atoms with E-state index in [1.807, 2.05) is 29.3 Å². The Morgan fingerprint density at radius 1 is 0.952 bits per heavy atom. The van der Waals surface area contributed by atoms with E-state index in [4.69, 9.17) is 11.5 Å². The molecule has 0 spiro atoms. The Labute approximate surface area is 121 Å². The summed E-state index contributed by atoms with van der Waals surface area (Å²) in [4.78, 5) is 12.0. The summed E-state index contributed by atoms with van der Waals surface area (Å²) in [5, 5.41) is 10.5. The van der Waals surface area contributed by atoms with Crippen LogP contribution in [0.5, 0.6) is 0 Å². The average Bonchev–Trinajstić information content (AvgIpc) is 2.98. The van der Waals surface area contributed by atoms with E-state index in [1.165, 1.54) is 0 Å². The Kier molecular flexibility index (Phi) is 3.59. The first-order valence-electron chi connectivity index (χ1n) is 6.75. The van der Waals surface area contributed by atoms with Crippen LogP contribution < -0.4 is 11.5 Å². The number of hydrogen-bond acceptors (Lipinski definition) is 7. The molecule has 0 atom stereocenters. The van der Waals surface area contributed by atoms with Gasteiger partial charge in [0, 0.05) is 18.7 Å². The maximum absolute atomic E-state index is 5.62. The molecule has 1 aromatic heterocycles. The molecule has 1 fully saturated rings. The number of nitrogen functional groups attached to an aromatic ring is 2. The molecule has 0 bridgehead atoms. The van der Waals surface area contributed by atoms with Crippen LogP contribution in [-0.4, -0.2) is 33.1 Å². The minimum Gasteiger partial charge on any atom is -0.368 e. The molecule has 0 unspecified atom stereocenters. The summed E-state index contributed by atoms with van der Waals surface area (Å²) in [5.41, 5.74) is 12.6. The molecular weight excluding hydrogens is 268 g/mol. The highest BCUT2D eigenvalue weighted by molar-refractivity contribution is 5.71. The third-order valence-electron chi connectivity index (χ3n) is 3.18. The fourth-order valence-electron chi connectivity index (χ4n) is 2.18. The second kappa shape index (κ2) is 5.70. The van der Waals surface area contributed by atoms with Crippen LogP contribution in [0.15, 0.2) is 34.6 Å². The van der Waals surface area contributed by atoms with Crippen molar-refractivity contribution < 1.29 is 0 Å². The Balaban J connectivity index is 1.95. The molecule has 0 amide bonds. The van der Waals surface area contributed by atoms with E-state index in [2.05, 4.69) is 25.3 Å². The SMILES string of the molecule is Nc1nc(N)nc(-c2ccccc2N=NN2CCCC2)n1. The van der Waals surface area contributed by atoms with Gasteiger partial charge in [-0.25, -0.2) is 0 Å². The van der Waals surface area contributed by atoms with Crippen LogP contribution in [0.25, 0.3) is 11.4 Å². The lowest BCUT2D eigenvalue weighted by molar-refractivity contribution is 0.337. The van der Waals surface area contributed by atoms with Gasteiger partial charge in [-0.15, -0.1) is 5.11 Å². The summed E-state index contributed by atoms with van der Waals surface area (Å²) < 4.78 is 0. The number of benzene rings is 1. The quantitative estimate of drug-likeness (QED) is 0.829. The van der Waals surface area contributed by atoms with Gasteiger partial charge in [-0.2, -0.15) is 15.0 Å². The van der Waals surface area contributed by atoms with E-state index in [-0.39, 0.29) is 11.9 Å². The van der Waals surface area contributed by atoms with Crippen LogP contribution in [-0.2, 0) is 0 Å². The molecule has 1 saturated heterocycles. The lowest BCUT2D eigenvalue weighted by Crippen LogP contribution is -2.09. The highest BCUT2D eigenvalue weighted by Crippen LogP contribution is 2.28. The molecule has 21 heavy (non-hydrogen) atoms. The smallest absolute Gasteiger partial charge is 0.225 e. The third-order valence-corrected chi connectivity index (χ3v) is 3.18. The van der Waals surface area contributed by atoms with Gasteiger partial charge in [-0.3, -0.25) is 5.01 Å². The summed E-state index contributed by atoms with van der Waals surface area (Å²) in [6.07, 6.45) is 2.31. The van der Waals surface area contributed by atoms with Crippen LogP contribution in [0.1, 0.15) is 12.8 Å². The molecule has 0 radical (unpaired) electrons. The van der Waals surface area contributed by atoms with Gasteiger partial charge in [0.05, 0.1) is 5.69 Å². The Hall–Kier alpha value is -2.77. The predicted octanol–water partition coefficient (Wildman–Crippen LogP) is 1.80. The molecule has 4 N–H and O–H groups in total. The zero-order valence-corrected chi connectivity index (χ0v) is 11.5. The standard InChI is InChI=1S/C13H16N8/c14-12-16-11(17-13(15)18-12)9-5-1-2-6-10(9)19-20-21-7-3-4-8-21/h1-2,5-6H,3-4,7-8H2,(H4,14,15,16,17,18). The molecule has 1 aromatic carbocycles.